The van der Waals surface area contributed by atoms with E-state index in [1.165, 1.54) is 38.5 Å². The highest BCUT2D eigenvalue weighted by Crippen LogP contribution is 2.24. The van der Waals surface area contributed by atoms with Crippen LogP contribution >= 0.6 is 0 Å². The molecule has 0 heterocycles. The predicted molar refractivity (Wildman–Crippen MR) is 95.7 cm³/mol. The van der Waals surface area contributed by atoms with Gasteiger partial charge in [-0.3, -0.25) is 4.79 Å². The highest BCUT2D eigenvalue weighted by molar-refractivity contribution is 5.94. The molecule has 130 valence electrons. The van der Waals surface area contributed by atoms with E-state index in [4.69, 9.17) is 9.47 Å². The number of rotatable bonds is 13. The van der Waals surface area contributed by atoms with E-state index in [2.05, 4.69) is 13.8 Å². The number of carbonyl (C=O) groups excluding carboxylic acids is 1. The summed E-state index contributed by atoms with van der Waals surface area (Å²) in [4.78, 5) is 11.7. The lowest BCUT2D eigenvalue weighted by Gasteiger charge is -2.11. The first-order chi connectivity index (χ1) is 11.2. The number of unbranched alkanes of at least 4 members (excludes halogenated alkanes) is 6. The standard InChI is InChI=1S/C20H32O3/c1-4-6-8-10-12-22-19-14-18(17(3)21)15-20(16-19)23-13-11-9-7-5-2/h14-16H,4-13H2,1-3H3. The van der Waals surface area contributed by atoms with Crippen molar-refractivity contribution in [3.63, 3.8) is 0 Å². The van der Waals surface area contributed by atoms with Gasteiger partial charge in [-0.15, -0.1) is 0 Å². The van der Waals surface area contributed by atoms with E-state index >= 15 is 0 Å². The molecule has 0 amide bonds. The van der Waals surface area contributed by atoms with E-state index in [0.717, 1.165) is 24.3 Å². The van der Waals surface area contributed by atoms with Crippen LogP contribution in [0.4, 0.5) is 0 Å². The molecule has 0 aliphatic rings. The molecule has 0 saturated heterocycles. The Balaban J connectivity index is 2.54. The molecule has 1 aromatic rings. The number of Topliss-reactive ketones (excluding diaryl/α,β-unsaturated/α-hetero) is 1. The molecule has 0 fully saturated rings. The number of hydrogen-bond donors (Lipinski definition) is 0. The molecule has 0 spiro atoms. The predicted octanol–water partition coefficient (Wildman–Crippen LogP) is 5.81. The Morgan fingerprint density at radius 2 is 1.26 bits per heavy atom. The minimum Gasteiger partial charge on any atom is -0.493 e. The first-order valence-corrected chi connectivity index (χ1v) is 9.09. The van der Waals surface area contributed by atoms with Crippen molar-refractivity contribution >= 4 is 5.78 Å². The Bertz CT molecular complexity index is 422. The molecule has 0 radical (unpaired) electrons. The van der Waals surface area contributed by atoms with Crippen molar-refractivity contribution in [2.45, 2.75) is 72.1 Å². The summed E-state index contributed by atoms with van der Waals surface area (Å²) in [5, 5.41) is 0. The summed E-state index contributed by atoms with van der Waals surface area (Å²) in [5.41, 5.74) is 0.652. The molecule has 3 nitrogen and oxygen atoms in total. The molecule has 1 aromatic carbocycles. The third-order valence-corrected chi connectivity index (χ3v) is 3.82. The van der Waals surface area contributed by atoms with E-state index in [-0.39, 0.29) is 5.78 Å². The van der Waals surface area contributed by atoms with Gasteiger partial charge in [0.1, 0.15) is 11.5 Å². The third-order valence-electron chi connectivity index (χ3n) is 3.82. The molecule has 0 aromatic heterocycles. The monoisotopic (exact) mass is 320 g/mol. The quantitative estimate of drug-likeness (QED) is 0.340. The second-order valence-electron chi connectivity index (χ2n) is 6.07. The van der Waals surface area contributed by atoms with Gasteiger partial charge in [0.2, 0.25) is 0 Å². The smallest absolute Gasteiger partial charge is 0.160 e. The van der Waals surface area contributed by atoms with E-state index in [1.807, 2.05) is 18.2 Å². The van der Waals surface area contributed by atoms with Crippen LogP contribution in [-0.4, -0.2) is 19.0 Å². The molecule has 1 rings (SSSR count). The molecule has 0 atom stereocenters. The van der Waals surface area contributed by atoms with Crippen molar-refractivity contribution in [3.05, 3.63) is 23.8 Å². The molecule has 0 aliphatic heterocycles. The SMILES string of the molecule is CCCCCCOc1cc(OCCCCCC)cc(C(C)=O)c1. The number of ether oxygens (including phenoxy) is 2. The van der Waals surface area contributed by atoms with Gasteiger partial charge in [-0.25, -0.2) is 0 Å². The van der Waals surface area contributed by atoms with Gasteiger partial charge in [0.25, 0.3) is 0 Å². The highest BCUT2D eigenvalue weighted by Gasteiger charge is 2.07. The Morgan fingerprint density at radius 3 is 1.65 bits per heavy atom. The largest absolute Gasteiger partial charge is 0.493 e. The van der Waals surface area contributed by atoms with Crippen LogP contribution in [0.15, 0.2) is 18.2 Å². The molecule has 0 bridgehead atoms. The normalized spacial score (nSPS) is 10.6. The van der Waals surface area contributed by atoms with E-state index in [0.29, 0.717) is 18.8 Å². The van der Waals surface area contributed by atoms with Gasteiger partial charge < -0.3 is 9.47 Å². The molecule has 23 heavy (non-hydrogen) atoms. The summed E-state index contributed by atoms with van der Waals surface area (Å²) < 4.78 is 11.6. The van der Waals surface area contributed by atoms with Crippen LogP contribution in [0.1, 0.15) is 82.5 Å². The Kier molecular flexibility index (Phi) is 10.2. The second-order valence-corrected chi connectivity index (χ2v) is 6.07. The van der Waals surface area contributed by atoms with E-state index in [9.17, 15) is 4.79 Å². The molecule has 0 saturated carbocycles. The van der Waals surface area contributed by atoms with Gasteiger partial charge in [0.15, 0.2) is 5.78 Å². The van der Waals surface area contributed by atoms with Crippen LogP contribution < -0.4 is 9.47 Å². The lowest BCUT2D eigenvalue weighted by Crippen LogP contribution is -2.02. The molecule has 0 N–H and O–H groups in total. The zero-order valence-electron chi connectivity index (χ0n) is 15.0. The van der Waals surface area contributed by atoms with Crippen molar-refractivity contribution in [2.75, 3.05) is 13.2 Å². The third kappa shape index (κ3) is 8.63. The first kappa shape index (κ1) is 19.5. The van der Waals surface area contributed by atoms with Gasteiger partial charge in [-0.05, 0) is 31.9 Å². The van der Waals surface area contributed by atoms with Crippen molar-refractivity contribution in [1.29, 1.82) is 0 Å². The zero-order valence-corrected chi connectivity index (χ0v) is 15.0. The number of carbonyl (C=O) groups is 1. The Labute approximate surface area is 141 Å². The van der Waals surface area contributed by atoms with Crippen LogP contribution in [0.3, 0.4) is 0 Å². The summed E-state index contributed by atoms with van der Waals surface area (Å²) in [5.74, 6) is 1.51. The van der Waals surface area contributed by atoms with Crippen LogP contribution in [-0.2, 0) is 0 Å². The molecular formula is C20H32O3. The van der Waals surface area contributed by atoms with E-state index < -0.39 is 0 Å². The lowest BCUT2D eigenvalue weighted by atomic mass is 10.1. The maximum absolute atomic E-state index is 11.7. The zero-order chi connectivity index (χ0) is 16.9. The Hall–Kier alpha value is -1.51. The van der Waals surface area contributed by atoms with Crippen molar-refractivity contribution in [2.24, 2.45) is 0 Å². The molecule has 3 heteroatoms. The maximum atomic E-state index is 11.7. The molecule has 0 unspecified atom stereocenters. The average Bonchev–Trinajstić information content (AvgIpc) is 2.54. The maximum Gasteiger partial charge on any atom is 0.160 e. The van der Waals surface area contributed by atoms with Crippen LogP contribution in [0, 0.1) is 0 Å². The fourth-order valence-corrected chi connectivity index (χ4v) is 2.38. The van der Waals surface area contributed by atoms with Gasteiger partial charge >= 0.3 is 0 Å². The lowest BCUT2D eigenvalue weighted by molar-refractivity contribution is 0.101. The first-order valence-electron chi connectivity index (χ1n) is 9.09. The van der Waals surface area contributed by atoms with Crippen LogP contribution in [0.25, 0.3) is 0 Å². The van der Waals surface area contributed by atoms with Crippen LogP contribution in [0.2, 0.25) is 0 Å². The highest BCUT2D eigenvalue weighted by atomic mass is 16.5. The fourth-order valence-electron chi connectivity index (χ4n) is 2.38. The Morgan fingerprint density at radius 1 is 0.783 bits per heavy atom. The number of ketones is 1. The van der Waals surface area contributed by atoms with Gasteiger partial charge in [-0.2, -0.15) is 0 Å². The van der Waals surface area contributed by atoms with Crippen molar-refractivity contribution < 1.29 is 14.3 Å². The van der Waals surface area contributed by atoms with Crippen molar-refractivity contribution in [3.8, 4) is 11.5 Å². The molecular weight excluding hydrogens is 288 g/mol. The van der Waals surface area contributed by atoms with Crippen molar-refractivity contribution in [1.82, 2.24) is 0 Å². The minimum absolute atomic E-state index is 0.0391. The summed E-state index contributed by atoms with van der Waals surface area (Å²) in [6, 6.07) is 5.52. The molecule has 0 aliphatic carbocycles. The average molecular weight is 320 g/mol. The summed E-state index contributed by atoms with van der Waals surface area (Å²) in [7, 11) is 0. The van der Waals surface area contributed by atoms with E-state index in [1.54, 1.807) is 6.92 Å². The summed E-state index contributed by atoms with van der Waals surface area (Å²) >= 11 is 0. The second kappa shape index (κ2) is 12.0. The number of benzene rings is 1. The fraction of sp³-hybridized carbons (Fsp3) is 0.650. The minimum atomic E-state index is 0.0391. The number of hydrogen-bond acceptors (Lipinski definition) is 3. The van der Waals surface area contributed by atoms with Crippen LogP contribution in [0.5, 0.6) is 11.5 Å². The van der Waals surface area contributed by atoms with Gasteiger partial charge in [0, 0.05) is 11.6 Å². The topological polar surface area (TPSA) is 35.5 Å². The van der Waals surface area contributed by atoms with Gasteiger partial charge in [-0.1, -0.05) is 52.4 Å². The summed E-state index contributed by atoms with van der Waals surface area (Å²) in [6.45, 7) is 7.35. The summed E-state index contributed by atoms with van der Waals surface area (Å²) in [6.07, 6.45) is 9.38. The van der Waals surface area contributed by atoms with Gasteiger partial charge in [0.05, 0.1) is 13.2 Å².